The van der Waals surface area contributed by atoms with E-state index in [4.69, 9.17) is 15.2 Å². The smallest absolute Gasteiger partial charge is 0.274 e. The third kappa shape index (κ3) is 5.12. The molecule has 4 aromatic rings. The maximum atomic E-state index is 14.0. The fourth-order valence-corrected chi connectivity index (χ4v) is 5.88. The molecule has 3 N–H and O–H groups in total. The van der Waals surface area contributed by atoms with Crippen molar-refractivity contribution in [2.24, 2.45) is 5.73 Å². The lowest BCUT2D eigenvalue weighted by Crippen LogP contribution is -2.40. The maximum absolute atomic E-state index is 14.0. The van der Waals surface area contributed by atoms with Gasteiger partial charge in [0.25, 0.3) is 17.2 Å². The number of aromatic nitrogens is 1. The van der Waals surface area contributed by atoms with Gasteiger partial charge in [0.15, 0.2) is 0 Å². The van der Waals surface area contributed by atoms with Gasteiger partial charge in [-0.3, -0.25) is 24.3 Å². The van der Waals surface area contributed by atoms with E-state index in [9.17, 15) is 25.0 Å². The highest BCUT2D eigenvalue weighted by molar-refractivity contribution is 7.07. The Balaban J connectivity index is 1.79. The average molecular weight is 582 g/mol. The molecule has 0 bridgehead atoms. The van der Waals surface area contributed by atoms with Crippen molar-refractivity contribution in [3.8, 4) is 17.6 Å². The van der Waals surface area contributed by atoms with E-state index in [1.807, 2.05) is 0 Å². The van der Waals surface area contributed by atoms with Crippen LogP contribution in [0.25, 0.3) is 17.5 Å². The molecule has 12 heteroatoms. The molecule has 1 amide bonds. The average Bonchev–Trinajstić information content (AvgIpc) is 3.32. The number of hydrogen-bond acceptors (Lipinski definition) is 9. The molecular formula is C30H23N5O6S. The number of ether oxygens (including phenoxy) is 2. The number of thiazole rings is 1. The Labute approximate surface area is 242 Å². The Hall–Kier alpha value is -5.67. The summed E-state index contributed by atoms with van der Waals surface area (Å²) in [5.41, 5.74) is 7.19. The molecule has 0 aliphatic carbocycles. The highest BCUT2D eigenvalue weighted by Crippen LogP contribution is 2.38. The number of carbonyl (C=O) groups is 1. The molecule has 0 radical (unpaired) electrons. The van der Waals surface area contributed by atoms with Gasteiger partial charge in [-0.2, -0.15) is 5.26 Å². The number of hydrogen-bond donors (Lipinski definition) is 2. The standard InChI is InChI=1S/C30H23N5O6S/c1-40-21-10-3-6-17(12-21)13-24-29(37)34-27(32)23(16-31)25(18-7-4-11-22(14-18)41-2)26(30(34)42-24)28(36)33-19-8-5-9-20(15-19)35(38)39/h3-15,25H,32H2,1-2H3,(H,33,36)/b24-13-. The van der Waals surface area contributed by atoms with Gasteiger partial charge >= 0.3 is 0 Å². The summed E-state index contributed by atoms with van der Waals surface area (Å²) in [5, 5.41) is 24.3. The molecule has 1 atom stereocenters. The fourth-order valence-electron chi connectivity index (χ4n) is 4.70. The minimum Gasteiger partial charge on any atom is -0.497 e. The number of rotatable bonds is 7. The number of nitrogens with zero attached hydrogens (tertiary/aromatic N) is 3. The summed E-state index contributed by atoms with van der Waals surface area (Å²) in [6, 6.07) is 21.5. The fraction of sp³-hybridized carbons (Fsp3) is 0.100. The Morgan fingerprint density at radius 3 is 2.48 bits per heavy atom. The van der Waals surface area contributed by atoms with Gasteiger partial charge in [-0.25, -0.2) is 0 Å². The van der Waals surface area contributed by atoms with E-state index in [1.54, 1.807) is 54.6 Å². The molecule has 11 nitrogen and oxygen atoms in total. The van der Waals surface area contributed by atoms with Crippen molar-refractivity contribution in [3.63, 3.8) is 0 Å². The zero-order chi connectivity index (χ0) is 30.0. The summed E-state index contributed by atoms with van der Waals surface area (Å²) in [7, 11) is 3.03. The summed E-state index contributed by atoms with van der Waals surface area (Å²) in [5.74, 6) is -0.641. The van der Waals surface area contributed by atoms with Crippen molar-refractivity contribution >= 4 is 46.1 Å². The van der Waals surface area contributed by atoms with Crippen LogP contribution in [0, 0.1) is 21.4 Å². The normalized spacial score (nSPS) is 14.6. The van der Waals surface area contributed by atoms with Gasteiger partial charge in [0.1, 0.15) is 22.0 Å². The number of amides is 1. The van der Waals surface area contributed by atoms with Crippen LogP contribution in [0.15, 0.2) is 83.2 Å². The number of benzene rings is 3. The van der Waals surface area contributed by atoms with Crippen LogP contribution in [-0.2, 0) is 4.79 Å². The quantitative estimate of drug-likeness (QED) is 0.249. The number of nitrogens with one attached hydrogen (secondary N) is 1. The van der Waals surface area contributed by atoms with E-state index in [0.29, 0.717) is 22.6 Å². The van der Waals surface area contributed by atoms with E-state index >= 15 is 0 Å². The molecule has 1 aromatic heterocycles. The van der Waals surface area contributed by atoms with Gasteiger partial charge in [0.05, 0.1) is 46.8 Å². The van der Waals surface area contributed by atoms with E-state index in [-0.39, 0.29) is 37.5 Å². The van der Waals surface area contributed by atoms with Crippen LogP contribution in [0.3, 0.4) is 0 Å². The van der Waals surface area contributed by atoms with E-state index < -0.39 is 22.3 Å². The lowest BCUT2D eigenvalue weighted by Gasteiger charge is -2.25. The van der Waals surface area contributed by atoms with Crippen molar-refractivity contribution in [2.45, 2.75) is 5.92 Å². The van der Waals surface area contributed by atoms with Crippen LogP contribution in [0.5, 0.6) is 11.5 Å². The first kappa shape index (κ1) is 27.9. The van der Waals surface area contributed by atoms with Crippen molar-refractivity contribution in [3.05, 3.63) is 119 Å². The number of nitro groups is 1. The topological polar surface area (TPSA) is 163 Å². The predicted molar refractivity (Wildman–Crippen MR) is 158 cm³/mol. The molecule has 1 aliphatic heterocycles. The minimum absolute atomic E-state index is 0.00669. The van der Waals surface area contributed by atoms with Gasteiger partial charge < -0.3 is 20.5 Å². The number of fused-ring (bicyclic) bond motifs is 1. The second-order valence-electron chi connectivity index (χ2n) is 9.13. The summed E-state index contributed by atoms with van der Waals surface area (Å²) in [4.78, 5) is 38.5. The first-order valence-corrected chi connectivity index (χ1v) is 13.3. The molecule has 0 saturated carbocycles. The van der Waals surface area contributed by atoms with Crippen LogP contribution in [0.4, 0.5) is 11.4 Å². The lowest BCUT2D eigenvalue weighted by molar-refractivity contribution is -0.384. The number of anilines is 1. The second kappa shape index (κ2) is 11.4. The number of allylic oxidation sites excluding steroid dienone is 1. The molecule has 42 heavy (non-hydrogen) atoms. The van der Waals surface area contributed by atoms with Gasteiger partial charge in [-0.15, -0.1) is 11.3 Å². The number of nitriles is 1. The molecule has 0 spiro atoms. The van der Waals surface area contributed by atoms with E-state index in [1.165, 1.54) is 38.5 Å². The Morgan fingerprint density at radius 1 is 1.10 bits per heavy atom. The van der Waals surface area contributed by atoms with E-state index in [2.05, 4.69) is 11.4 Å². The summed E-state index contributed by atoms with van der Waals surface area (Å²) >= 11 is 1.04. The molecule has 210 valence electrons. The SMILES string of the molecule is COc1cccc(/C=c2\sc3n(c2=O)C(N)=C(C#N)C(c2cccc(OC)c2)C=3C(=O)Nc2cccc([N+](=O)[O-])c2)c1. The van der Waals surface area contributed by atoms with Crippen LogP contribution >= 0.6 is 11.3 Å². The van der Waals surface area contributed by atoms with Crippen molar-refractivity contribution < 1.29 is 19.2 Å². The third-order valence-corrected chi connectivity index (χ3v) is 7.76. The van der Waals surface area contributed by atoms with Crippen molar-refractivity contribution in [1.29, 1.82) is 5.26 Å². The molecule has 2 heterocycles. The van der Waals surface area contributed by atoms with Crippen LogP contribution in [-0.4, -0.2) is 29.6 Å². The summed E-state index contributed by atoms with van der Waals surface area (Å²) in [6.07, 6.45) is 1.65. The zero-order valence-electron chi connectivity index (χ0n) is 22.4. The number of non-ortho nitro benzene ring substituents is 1. The second-order valence-corrected chi connectivity index (χ2v) is 10.2. The van der Waals surface area contributed by atoms with Gasteiger partial charge in [-0.1, -0.05) is 30.3 Å². The predicted octanol–water partition coefficient (Wildman–Crippen LogP) is 2.90. The Kier molecular flexibility index (Phi) is 7.59. The van der Waals surface area contributed by atoms with Crippen LogP contribution in [0.1, 0.15) is 17.0 Å². The van der Waals surface area contributed by atoms with Crippen LogP contribution < -0.4 is 35.3 Å². The molecule has 3 aromatic carbocycles. The third-order valence-electron chi connectivity index (χ3n) is 6.65. The first-order chi connectivity index (χ1) is 20.2. The van der Waals surface area contributed by atoms with Crippen molar-refractivity contribution in [1.82, 2.24) is 4.57 Å². The summed E-state index contributed by atoms with van der Waals surface area (Å²) in [6.45, 7) is 0. The largest absolute Gasteiger partial charge is 0.497 e. The lowest BCUT2D eigenvalue weighted by atomic mass is 9.83. The van der Waals surface area contributed by atoms with Gasteiger partial charge in [0, 0.05) is 17.8 Å². The Bertz CT molecular complexity index is 2000. The number of carbonyl (C=O) groups excluding carboxylic acids is 1. The summed E-state index contributed by atoms with van der Waals surface area (Å²) < 4.78 is 12.3. The zero-order valence-corrected chi connectivity index (χ0v) is 23.2. The number of methoxy groups -OCH3 is 2. The molecule has 0 saturated heterocycles. The number of nitro benzene ring substituents is 1. The highest BCUT2D eigenvalue weighted by atomic mass is 32.1. The highest BCUT2D eigenvalue weighted by Gasteiger charge is 2.36. The maximum Gasteiger partial charge on any atom is 0.274 e. The first-order valence-electron chi connectivity index (χ1n) is 12.5. The Morgan fingerprint density at radius 2 is 1.79 bits per heavy atom. The number of nitrogens with two attached hydrogens (primary N) is 1. The van der Waals surface area contributed by atoms with E-state index in [0.717, 1.165) is 15.9 Å². The monoisotopic (exact) mass is 581 g/mol. The van der Waals surface area contributed by atoms with Crippen molar-refractivity contribution in [2.75, 3.05) is 19.5 Å². The molecule has 0 fully saturated rings. The molecular weight excluding hydrogens is 558 g/mol. The van der Waals surface area contributed by atoms with Gasteiger partial charge in [0.2, 0.25) is 0 Å². The van der Waals surface area contributed by atoms with Gasteiger partial charge in [-0.05, 0) is 47.5 Å². The minimum atomic E-state index is -0.966. The molecule has 5 rings (SSSR count). The van der Waals surface area contributed by atoms with Crippen LogP contribution in [0.2, 0.25) is 0 Å². The molecule has 1 unspecified atom stereocenters. The molecule has 1 aliphatic rings.